The Morgan fingerprint density at radius 1 is 1.42 bits per heavy atom. The molecule has 1 N–H and O–H groups in total. The van der Waals surface area contributed by atoms with Crippen LogP contribution in [-0.2, 0) is 10.0 Å². The maximum absolute atomic E-state index is 11.9. The van der Waals surface area contributed by atoms with Crippen LogP contribution in [0.25, 0.3) is 0 Å². The fraction of sp³-hybridized carbons (Fsp3) is 0.600. The molecule has 0 saturated heterocycles. The summed E-state index contributed by atoms with van der Waals surface area (Å²) >= 11 is 6.32. The monoisotopic (exact) mass is 326 g/mol. The molecule has 0 amide bonds. The van der Waals surface area contributed by atoms with Crippen molar-refractivity contribution in [3.8, 4) is 0 Å². The summed E-state index contributed by atoms with van der Waals surface area (Å²) in [6, 6.07) is 0.987. The van der Waals surface area contributed by atoms with Gasteiger partial charge in [-0.2, -0.15) is 0 Å². The van der Waals surface area contributed by atoms with Crippen LogP contribution < -0.4 is 4.72 Å². The van der Waals surface area contributed by atoms with Gasteiger partial charge in [-0.3, -0.25) is 10.1 Å². The topological polar surface area (TPSA) is 89.3 Å². The van der Waals surface area contributed by atoms with Gasteiger partial charge in [0.15, 0.2) is 4.34 Å². The lowest BCUT2D eigenvalue weighted by Gasteiger charge is -2.03. The predicted octanol–water partition coefficient (Wildman–Crippen LogP) is 3.17. The third-order valence-electron chi connectivity index (χ3n) is 2.43. The lowest BCUT2D eigenvalue weighted by atomic mass is 10.2. The predicted molar refractivity (Wildman–Crippen MR) is 75.3 cm³/mol. The lowest BCUT2D eigenvalue weighted by Crippen LogP contribution is -2.23. The molecule has 108 valence electrons. The molecular weight excluding hydrogens is 312 g/mol. The largest absolute Gasteiger partial charge is 0.300 e. The molecule has 1 aromatic rings. The third kappa shape index (κ3) is 4.72. The number of nitro groups is 1. The maximum atomic E-state index is 11.9. The van der Waals surface area contributed by atoms with E-state index in [2.05, 4.69) is 11.6 Å². The smallest absolute Gasteiger partial charge is 0.258 e. The Balaban J connectivity index is 2.67. The molecule has 0 saturated carbocycles. The first-order valence-electron chi connectivity index (χ1n) is 5.82. The van der Waals surface area contributed by atoms with Crippen molar-refractivity contribution in [2.75, 3.05) is 6.54 Å². The molecule has 0 unspecified atom stereocenters. The quantitative estimate of drug-likeness (QED) is 0.451. The van der Waals surface area contributed by atoms with Gasteiger partial charge in [-0.1, -0.05) is 37.8 Å². The second-order valence-electron chi connectivity index (χ2n) is 3.94. The molecule has 9 heteroatoms. The highest BCUT2D eigenvalue weighted by molar-refractivity contribution is 7.91. The number of nitrogens with zero attached hydrogens (tertiary/aromatic N) is 1. The molecular formula is C10H15ClN2O4S2. The van der Waals surface area contributed by atoms with Crippen LogP contribution in [0.1, 0.15) is 32.6 Å². The molecule has 0 atom stereocenters. The van der Waals surface area contributed by atoms with Gasteiger partial charge >= 0.3 is 0 Å². The fourth-order valence-electron chi connectivity index (χ4n) is 1.42. The molecule has 19 heavy (non-hydrogen) atoms. The highest BCUT2D eigenvalue weighted by Gasteiger charge is 2.24. The first-order valence-corrected chi connectivity index (χ1v) is 8.49. The summed E-state index contributed by atoms with van der Waals surface area (Å²) in [7, 11) is -3.70. The molecule has 1 rings (SSSR count). The number of rotatable bonds is 8. The second-order valence-corrected chi connectivity index (χ2v) is 7.59. The summed E-state index contributed by atoms with van der Waals surface area (Å²) in [6.45, 7) is 2.39. The molecule has 0 aromatic carbocycles. The van der Waals surface area contributed by atoms with Gasteiger partial charge in [-0.15, -0.1) is 11.3 Å². The average molecular weight is 327 g/mol. The van der Waals surface area contributed by atoms with Crippen LogP contribution in [0.2, 0.25) is 4.34 Å². The van der Waals surface area contributed by atoms with Crippen LogP contribution in [-0.4, -0.2) is 19.9 Å². The molecule has 0 radical (unpaired) electrons. The van der Waals surface area contributed by atoms with Gasteiger partial charge in [0.25, 0.3) is 5.69 Å². The van der Waals surface area contributed by atoms with Gasteiger partial charge in [0.05, 0.1) is 4.92 Å². The summed E-state index contributed by atoms with van der Waals surface area (Å²) in [5.41, 5.74) is -0.377. The van der Waals surface area contributed by atoms with Gasteiger partial charge in [-0.05, 0) is 6.42 Å². The zero-order valence-corrected chi connectivity index (χ0v) is 12.8. The summed E-state index contributed by atoms with van der Waals surface area (Å²) in [4.78, 5) is 9.91. The van der Waals surface area contributed by atoms with Crippen molar-refractivity contribution in [2.24, 2.45) is 0 Å². The zero-order valence-electron chi connectivity index (χ0n) is 10.4. The van der Waals surface area contributed by atoms with Crippen LogP contribution >= 0.6 is 22.9 Å². The van der Waals surface area contributed by atoms with Crippen molar-refractivity contribution in [1.82, 2.24) is 4.72 Å². The Kier molecular flexibility index (Phi) is 6.18. The maximum Gasteiger partial charge on any atom is 0.300 e. The van der Waals surface area contributed by atoms with E-state index >= 15 is 0 Å². The number of halogens is 1. The Morgan fingerprint density at radius 3 is 2.63 bits per heavy atom. The van der Waals surface area contributed by atoms with E-state index < -0.39 is 14.9 Å². The molecule has 1 heterocycles. The standard InChI is InChI=1S/C10H15ClN2O4S2/c1-2-3-4-5-6-12-19(16,17)9-7-8(13(14)15)10(11)18-9/h7,12H,2-6H2,1H3. The number of unbranched alkanes of at least 4 members (excludes halogenated alkanes) is 3. The van der Waals surface area contributed by atoms with Gasteiger partial charge in [0.1, 0.15) is 4.21 Å². The van der Waals surface area contributed by atoms with E-state index in [1.807, 2.05) is 0 Å². The Bertz CT molecular complexity index is 542. The first kappa shape index (κ1) is 16.4. The van der Waals surface area contributed by atoms with Gasteiger partial charge in [0.2, 0.25) is 10.0 Å². The van der Waals surface area contributed by atoms with Crippen molar-refractivity contribution >= 4 is 38.6 Å². The molecule has 0 aliphatic heterocycles. The van der Waals surface area contributed by atoms with Crippen LogP contribution in [0.15, 0.2) is 10.3 Å². The summed E-state index contributed by atoms with van der Waals surface area (Å²) in [5.74, 6) is 0. The van der Waals surface area contributed by atoms with E-state index in [9.17, 15) is 18.5 Å². The second kappa shape index (κ2) is 7.18. The highest BCUT2D eigenvalue weighted by atomic mass is 35.5. The molecule has 0 aliphatic rings. The molecule has 0 bridgehead atoms. The Morgan fingerprint density at radius 2 is 2.11 bits per heavy atom. The van der Waals surface area contributed by atoms with E-state index in [1.54, 1.807) is 0 Å². The summed E-state index contributed by atoms with van der Waals surface area (Å²) in [5, 5.41) is 10.6. The van der Waals surface area contributed by atoms with Crippen LogP contribution in [0.5, 0.6) is 0 Å². The lowest BCUT2D eigenvalue weighted by molar-refractivity contribution is -0.384. The SMILES string of the molecule is CCCCCCNS(=O)(=O)c1cc([N+](=O)[O-])c(Cl)s1. The normalized spacial score (nSPS) is 11.7. The minimum atomic E-state index is -3.70. The number of nitrogens with one attached hydrogen (secondary N) is 1. The summed E-state index contributed by atoms with van der Waals surface area (Å²) < 4.78 is 25.9. The van der Waals surface area contributed by atoms with Gasteiger partial charge < -0.3 is 0 Å². The Labute approximate surface area is 121 Å². The molecule has 6 nitrogen and oxygen atoms in total. The van der Waals surface area contributed by atoms with E-state index in [0.717, 1.165) is 31.7 Å². The zero-order chi connectivity index (χ0) is 14.5. The van der Waals surface area contributed by atoms with Crippen LogP contribution in [0, 0.1) is 10.1 Å². The van der Waals surface area contributed by atoms with Crippen LogP contribution in [0.3, 0.4) is 0 Å². The molecule has 1 aromatic heterocycles. The van der Waals surface area contributed by atoms with Crippen molar-refractivity contribution in [1.29, 1.82) is 0 Å². The van der Waals surface area contributed by atoms with Crippen molar-refractivity contribution in [3.63, 3.8) is 0 Å². The van der Waals surface area contributed by atoms with Crippen LogP contribution in [0.4, 0.5) is 5.69 Å². The first-order chi connectivity index (χ1) is 8.88. The number of sulfonamides is 1. The number of thiophene rings is 1. The van der Waals surface area contributed by atoms with Crippen molar-refractivity contribution in [2.45, 2.75) is 36.8 Å². The third-order valence-corrected chi connectivity index (χ3v) is 5.70. The molecule has 0 fully saturated rings. The fourth-order valence-corrected chi connectivity index (χ4v) is 4.21. The van der Waals surface area contributed by atoms with E-state index in [-0.39, 0.29) is 14.2 Å². The molecule has 0 spiro atoms. The van der Waals surface area contributed by atoms with Crippen molar-refractivity contribution in [3.05, 3.63) is 20.5 Å². The van der Waals surface area contributed by atoms with E-state index in [1.165, 1.54) is 0 Å². The number of hydrogen-bond donors (Lipinski definition) is 1. The van der Waals surface area contributed by atoms with E-state index in [0.29, 0.717) is 17.9 Å². The van der Waals surface area contributed by atoms with Gasteiger partial charge in [-0.25, -0.2) is 13.1 Å². The van der Waals surface area contributed by atoms with Gasteiger partial charge in [0, 0.05) is 12.6 Å². The van der Waals surface area contributed by atoms with E-state index in [4.69, 9.17) is 11.6 Å². The average Bonchev–Trinajstić information content (AvgIpc) is 2.72. The highest BCUT2D eigenvalue weighted by Crippen LogP contribution is 2.35. The molecule has 0 aliphatic carbocycles. The minimum absolute atomic E-state index is 0.125. The minimum Gasteiger partial charge on any atom is -0.258 e. The number of hydrogen-bond acceptors (Lipinski definition) is 5. The Hall–Kier alpha value is -0.700. The summed E-state index contributed by atoms with van der Waals surface area (Å²) in [6.07, 6.45) is 3.82. The van der Waals surface area contributed by atoms with Crippen molar-refractivity contribution < 1.29 is 13.3 Å².